The van der Waals surface area contributed by atoms with Crippen LogP contribution in [-0.2, 0) is 0 Å². The van der Waals surface area contributed by atoms with Gasteiger partial charge in [0.2, 0.25) is 0 Å². The van der Waals surface area contributed by atoms with Crippen LogP contribution in [-0.4, -0.2) is 43.0 Å². The minimum Gasteiger partial charge on any atom is -0.368 e. The largest absolute Gasteiger partial charge is 0.368 e. The SMILES string of the molecule is CN1CCN(/C(=C/c2cccc(Cl)c2)c2ccccc2)CC1. The predicted molar refractivity (Wildman–Crippen MR) is 94.8 cm³/mol. The molecule has 2 aromatic rings. The minimum absolute atomic E-state index is 0.777. The third-order valence-electron chi connectivity index (χ3n) is 4.07. The van der Waals surface area contributed by atoms with Gasteiger partial charge in [-0.15, -0.1) is 0 Å². The maximum Gasteiger partial charge on any atom is 0.0446 e. The van der Waals surface area contributed by atoms with Gasteiger partial charge in [-0.05, 0) is 36.4 Å². The van der Waals surface area contributed by atoms with Gasteiger partial charge in [0.1, 0.15) is 0 Å². The van der Waals surface area contributed by atoms with E-state index in [0.717, 1.165) is 36.8 Å². The highest BCUT2D eigenvalue weighted by Crippen LogP contribution is 2.24. The van der Waals surface area contributed by atoms with Crippen molar-refractivity contribution in [3.63, 3.8) is 0 Å². The number of benzene rings is 2. The number of halogens is 1. The molecular weight excluding hydrogens is 292 g/mol. The molecule has 0 saturated carbocycles. The van der Waals surface area contributed by atoms with Gasteiger partial charge in [-0.2, -0.15) is 0 Å². The summed E-state index contributed by atoms with van der Waals surface area (Å²) in [5, 5.41) is 0.777. The number of rotatable bonds is 3. The summed E-state index contributed by atoms with van der Waals surface area (Å²) in [6.07, 6.45) is 2.24. The molecule has 1 heterocycles. The molecule has 22 heavy (non-hydrogen) atoms. The lowest BCUT2D eigenvalue weighted by Gasteiger charge is -2.35. The summed E-state index contributed by atoms with van der Waals surface area (Å²) < 4.78 is 0. The van der Waals surface area contributed by atoms with Crippen LogP contribution in [0.1, 0.15) is 11.1 Å². The average Bonchev–Trinajstić information content (AvgIpc) is 2.55. The maximum absolute atomic E-state index is 6.13. The Labute approximate surface area is 137 Å². The quantitative estimate of drug-likeness (QED) is 0.788. The fourth-order valence-corrected chi connectivity index (χ4v) is 2.97. The van der Waals surface area contributed by atoms with Crippen molar-refractivity contribution < 1.29 is 0 Å². The van der Waals surface area contributed by atoms with Gasteiger partial charge in [0, 0.05) is 36.9 Å². The third kappa shape index (κ3) is 3.70. The van der Waals surface area contributed by atoms with Crippen molar-refractivity contribution in [3.8, 4) is 0 Å². The second-order valence-corrected chi connectivity index (χ2v) is 6.18. The molecule has 0 spiro atoms. The Bertz CT molecular complexity index is 643. The van der Waals surface area contributed by atoms with Gasteiger partial charge in [0.05, 0.1) is 0 Å². The first-order chi connectivity index (χ1) is 10.7. The topological polar surface area (TPSA) is 6.48 Å². The first-order valence-corrected chi connectivity index (χ1v) is 8.06. The molecule has 3 heteroatoms. The van der Waals surface area contributed by atoms with Gasteiger partial charge in [0.15, 0.2) is 0 Å². The number of piperazine rings is 1. The summed E-state index contributed by atoms with van der Waals surface area (Å²) in [5.41, 5.74) is 3.67. The van der Waals surface area contributed by atoms with Crippen LogP contribution >= 0.6 is 11.6 Å². The second-order valence-electron chi connectivity index (χ2n) is 5.74. The number of hydrogen-bond acceptors (Lipinski definition) is 2. The molecule has 0 aliphatic carbocycles. The molecule has 0 atom stereocenters. The van der Waals surface area contributed by atoms with E-state index in [9.17, 15) is 0 Å². The zero-order valence-electron chi connectivity index (χ0n) is 12.9. The van der Waals surface area contributed by atoms with Crippen molar-refractivity contribution in [3.05, 3.63) is 70.7 Å². The molecule has 0 radical (unpaired) electrons. The number of likely N-dealkylation sites (N-methyl/N-ethyl adjacent to an activating group) is 1. The Hall–Kier alpha value is -1.77. The summed E-state index contributed by atoms with van der Waals surface area (Å²) in [7, 11) is 2.18. The highest BCUT2D eigenvalue weighted by Gasteiger charge is 2.17. The molecule has 2 nitrogen and oxygen atoms in total. The van der Waals surface area contributed by atoms with Crippen LogP contribution in [0, 0.1) is 0 Å². The van der Waals surface area contributed by atoms with Crippen LogP contribution in [0.25, 0.3) is 11.8 Å². The van der Waals surface area contributed by atoms with Gasteiger partial charge < -0.3 is 9.80 Å². The Balaban J connectivity index is 1.96. The lowest BCUT2D eigenvalue weighted by atomic mass is 10.1. The zero-order valence-corrected chi connectivity index (χ0v) is 13.6. The van der Waals surface area contributed by atoms with E-state index in [1.165, 1.54) is 11.3 Å². The fourth-order valence-electron chi connectivity index (χ4n) is 2.77. The van der Waals surface area contributed by atoms with Crippen molar-refractivity contribution in [2.24, 2.45) is 0 Å². The van der Waals surface area contributed by atoms with Crippen LogP contribution in [0.4, 0.5) is 0 Å². The third-order valence-corrected chi connectivity index (χ3v) is 4.30. The lowest BCUT2D eigenvalue weighted by molar-refractivity contribution is 0.208. The van der Waals surface area contributed by atoms with Gasteiger partial charge >= 0.3 is 0 Å². The minimum atomic E-state index is 0.777. The number of hydrogen-bond donors (Lipinski definition) is 0. The van der Waals surface area contributed by atoms with Crippen molar-refractivity contribution >= 4 is 23.4 Å². The molecule has 2 aromatic carbocycles. The Morgan fingerprint density at radius 1 is 0.955 bits per heavy atom. The van der Waals surface area contributed by atoms with E-state index >= 15 is 0 Å². The van der Waals surface area contributed by atoms with Crippen LogP contribution in [0.2, 0.25) is 5.02 Å². The van der Waals surface area contributed by atoms with Crippen molar-refractivity contribution in [2.45, 2.75) is 0 Å². The summed E-state index contributed by atoms with van der Waals surface area (Å²) >= 11 is 6.13. The van der Waals surface area contributed by atoms with Gasteiger partial charge in [-0.3, -0.25) is 0 Å². The highest BCUT2D eigenvalue weighted by atomic mass is 35.5. The molecule has 1 fully saturated rings. The molecule has 0 N–H and O–H groups in total. The molecule has 1 aliphatic heterocycles. The molecule has 0 bridgehead atoms. The van der Waals surface area contributed by atoms with Gasteiger partial charge in [-0.1, -0.05) is 54.1 Å². The molecule has 0 aromatic heterocycles. The normalized spacial score (nSPS) is 16.8. The van der Waals surface area contributed by atoms with Crippen LogP contribution in [0.5, 0.6) is 0 Å². The lowest BCUT2D eigenvalue weighted by Crippen LogP contribution is -2.43. The predicted octanol–water partition coefficient (Wildman–Crippen LogP) is 4.09. The van der Waals surface area contributed by atoms with E-state index in [0.29, 0.717) is 0 Å². The van der Waals surface area contributed by atoms with Crippen molar-refractivity contribution in [2.75, 3.05) is 33.2 Å². The standard InChI is InChI=1S/C19H21ClN2/c1-21-10-12-22(13-11-21)19(17-7-3-2-4-8-17)15-16-6-5-9-18(20)14-16/h2-9,14-15H,10-13H2,1H3/b19-15+. The van der Waals surface area contributed by atoms with Crippen molar-refractivity contribution in [1.29, 1.82) is 0 Å². The summed E-state index contributed by atoms with van der Waals surface area (Å²) in [6, 6.07) is 18.6. The van der Waals surface area contributed by atoms with Gasteiger partial charge in [-0.25, -0.2) is 0 Å². The Morgan fingerprint density at radius 2 is 1.68 bits per heavy atom. The molecule has 3 rings (SSSR count). The molecule has 1 aliphatic rings. The van der Waals surface area contributed by atoms with E-state index in [1.54, 1.807) is 0 Å². The smallest absolute Gasteiger partial charge is 0.0446 e. The monoisotopic (exact) mass is 312 g/mol. The highest BCUT2D eigenvalue weighted by molar-refractivity contribution is 6.30. The first kappa shape index (κ1) is 15.1. The first-order valence-electron chi connectivity index (χ1n) is 7.68. The van der Waals surface area contributed by atoms with Crippen molar-refractivity contribution in [1.82, 2.24) is 9.80 Å². The maximum atomic E-state index is 6.13. The Kier molecular flexibility index (Phi) is 4.81. The molecule has 0 unspecified atom stereocenters. The average molecular weight is 313 g/mol. The summed E-state index contributed by atoms with van der Waals surface area (Å²) in [4.78, 5) is 4.84. The van der Waals surface area contributed by atoms with E-state index in [2.05, 4.69) is 59.3 Å². The molecular formula is C19H21ClN2. The second kappa shape index (κ2) is 6.99. The van der Waals surface area contributed by atoms with Crippen LogP contribution < -0.4 is 0 Å². The molecule has 1 saturated heterocycles. The summed E-state index contributed by atoms with van der Waals surface area (Å²) in [6.45, 7) is 4.30. The Morgan fingerprint density at radius 3 is 2.36 bits per heavy atom. The fraction of sp³-hybridized carbons (Fsp3) is 0.263. The van der Waals surface area contributed by atoms with Crippen LogP contribution in [0.3, 0.4) is 0 Å². The van der Waals surface area contributed by atoms with Crippen LogP contribution in [0.15, 0.2) is 54.6 Å². The van der Waals surface area contributed by atoms with E-state index in [4.69, 9.17) is 11.6 Å². The van der Waals surface area contributed by atoms with E-state index < -0.39 is 0 Å². The zero-order chi connectivity index (χ0) is 15.4. The van der Waals surface area contributed by atoms with E-state index in [-0.39, 0.29) is 0 Å². The molecule has 114 valence electrons. The summed E-state index contributed by atoms with van der Waals surface area (Å²) in [5.74, 6) is 0. The van der Waals surface area contributed by atoms with E-state index in [1.807, 2.05) is 18.2 Å². The molecule has 0 amide bonds. The number of nitrogens with zero attached hydrogens (tertiary/aromatic N) is 2. The van der Waals surface area contributed by atoms with Gasteiger partial charge in [0.25, 0.3) is 0 Å².